The molecule has 0 saturated heterocycles. The molecule has 3 aromatic rings. The average Bonchev–Trinajstić information content (AvgIpc) is 3.12. The van der Waals surface area contributed by atoms with E-state index in [1.165, 1.54) is 42.4 Å². The number of carbonyl (C=O) groups is 1. The van der Waals surface area contributed by atoms with Gasteiger partial charge in [0, 0.05) is 0 Å². The van der Waals surface area contributed by atoms with Crippen molar-refractivity contribution in [1.29, 1.82) is 0 Å². The Morgan fingerprint density at radius 2 is 1.88 bits per heavy atom. The topological polar surface area (TPSA) is 78.3 Å². The number of ether oxygens (including phenoxy) is 2. The van der Waals surface area contributed by atoms with Crippen LogP contribution in [0.2, 0.25) is 0 Å². The van der Waals surface area contributed by atoms with Gasteiger partial charge in [-0.15, -0.1) is 5.10 Å². The first-order valence-electron chi connectivity index (χ1n) is 7.48. The highest BCUT2D eigenvalue weighted by molar-refractivity contribution is 6.02. The fraction of sp³-hybridized carbons (Fsp3) is 0.118. The van der Waals surface area contributed by atoms with Gasteiger partial charge in [-0.2, -0.15) is 8.78 Å². The maximum Gasteiger partial charge on any atom is 0.387 e. The summed E-state index contributed by atoms with van der Waals surface area (Å²) in [6.07, 6.45) is 1.35. The molecule has 0 spiro atoms. The number of anilines is 1. The predicted octanol–water partition coefficient (Wildman–Crippen LogP) is 3.13. The Labute approximate surface area is 147 Å². The Kier molecular flexibility index (Phi) is 5.07. The summed E-state index contributed by atoms with van der Waals surface area (Å²) >= 11 is 0. The number of halogens is 2. The molecule has 3 rings (SSSR count). The predicted molar refractivity (Wildman–Crippen MR) is 88.9 cm³/mol. The molecule has 0 bridgehead atoms. The largest absolute Gasteiger partial charge is 0.495 e. The molecule has 0 atom stereocenters. The van der Waals surface area contributed by atoms with Gasteiger partial charge in [0.05, 0.1) is 18.5 Å². The zero-order chi connectivity index (χ0) is 18.5. The minimum atomic E-state index is -2.89. The summed E-state index contributed by atoms with van der Waals surface area (Å²) in [6, 6.07) is 12.7. The third kappa shape index (κ3) is 3.94. The van der Waals surface area contributed by atoms with Gasteiger partial charge in [-0.1, -0.05) is 12.1 Å². The second kappa shape index (κ2) is 7.60. The van der Waals surface area contributed by atoms with Crippen molar-refractivity contribution in [1.82, 2.24) is 14.8 Å². The number of hydrogen-bond acceptors (Lipinski definition) is 5. The minimum Gasteiger partial charge on any atom is -0.495 e. The molecule has 26 heavy (non-hydrogen) atoms. The van der Waals surface area contributed by atoms with Crippen LogP contribution in [-0.4, -0.2) is 34.4 Å². The number of methoxy groups -OCH3 is 1. The van der Waals surface area contributed by atoms with Crippen LogP contribution in [0.25, 0.3) is 5.69 Å². The minimum absolute atomic E-state index is 0.0259. The first-order valence-corrected chi connectivity index (χ1v) is 7.48. The van der Waals surface area contributed by atoms with Gasteiger partial charge < -0.3 is 14.8 Å². The lowest BCUT2D eigenvalue weighted by atomic mass is 10.3. The smallest absolute Gasteiger partial charge is 0.387 e. The fourth-order valence-electron chi connectivity index (χ4n) is 2.20. The molecule has 0 aliphatic heterocycles. The molecule has 2 aromatic carbocycles. The van der Waals surface area contributed by atoms with E-state index in [0.29, 0.717) is 17.1 Å². The summed E-state index contributed by atoms with van der Waals surface area (Å²) in [5, 5.41) is 6.75. The monoisotopic (exact) mass is 360 g/mol. The van der Waals surface area contributed by atoms with E-state index in [9.17, 15) is 13.6 Å². The van der Waals surface area contributed by atoms with Crippen LogP contribution in [0.15, 0.2) is 54.9 Å². The van der Waals surface area contributed by atoms with Crippen molar-refractivity contribution in [2.75, 3.05) is 12.4 Å². The first-order chi connectivity index (χ1) is 12.6. The summed E-state index contributed by atoms with van der Waals surface area (Å²) in [7, 11) is 1.50. The summed E-state index contributed by atoms with van der Waals surface area (Å²) in [5.41, 5.74) is 1.03. The molecular weight excluding hydrogens is 346 g/mol. The maximum atomic E-state index is 12.3. The lowest BCUT2D eigenvalue weighted by molar-refractivity contribution is -0.0498. The van der Waals surface area contributed by atoms with Crippen LogP contribution in [-0.2, 0) is 0 Å². The van der Waals surface area contributed by atoms with Crippen LogP contribution in [0.4, 0.5) is 14.5 Å². The van der Waals surface area contributed by atoms with Gasteiger partial charge in [0.15, 0.2) is 0 Å². The number of amides is 1. The van der Waals surface area contributed by atoms with Gasteiger partial charge in [0.1, 0.15) is 17.8 Å². The Hall–Kier alpha value is -3.49. The SMILES string of the molecule is COc1ccccc1NC(=O)c1ncn(-c2ccc(OC(F)F)cc2)n1. The van der Waals surface area contributed by atoms with Crippen LogP contribution in [0.3, 0.4) is 0 Å². The molecule has 1 N–H and O–H groups in total. The fourth-order valence-corrected chi connectivity index (χ4v) is 2.20. The Morgan fingerprint density at radius 3 is 2.58 bits per heavy atom. The van der Waals surface area contributed by atoms with Gasteiger partial charge in [-0.3, -0.25) is 4.79 Å². The molecule has 0 saturated carbocycles. The average molecular weight is 360 g/mol. The highest BCUT2D eigenvalue weighted by atomic mass is 19.3. The molecular formula is C17H14F2N4O3. The van der Waals surface area contributed by atoms with Gasteiger partial charge >= 0.3 is 6.61 Å². The van der Waals surface area contributed by atoms with Gasteiger partial charge in [-0.05, 0) is 36.4 Å². The molecule has 0 aliphatic carbocycles. The first kappa shape index (κ1) is 17.3. The standard InChI is InChI=1S/C17H14F2N4O3/c1-25-14-5-3-2-4-13(14)21-16(24)15-20-10-23(22-15)11-6-8-12(9-7-11)26-17(18)19/h2-10,17H,1H3,(H,21,24). The zero-order valence-corrected chi connectivity index (χ0v) is 13.6. The van der Waals surface area contributed by atoms with Crippen molar-refractivity contribution in [3.8, 4) is 17.2 Å². The summed E-state index contributed by atoms with van der Waals surface area (Å²) in [4.78, 5) is 16.3. The van der Waals surface area contributed by atoms with Crippen molar-refractivity contribution in [3.63, 3.8) is 0 Å². The van der Waals surface area contributed by atoms with E-state index in [0.717, 1.165) is 0 Å². The molecule has 0 fully saturated rings. The number of aromatic nitrogens is 3. The Balaban J connectivity index is 1.74. The quantitative estimate of drug-likeness (QED) is 0.731. The highest BCUT2D eigenvalue weighted by Gasteiger charge is 2.14. The molecule has 1 aromatic heterocycles. The number of nitrogens with one attached hydrogen (secondary N) is 1. The number of benzene rings is 2. The molecule has 0 unspecified atom stereocenters. The van der Waals surface area contributed by atoms with E-state index in [2.05, 4.69) is 20.1 Å². The van der Waals surface area contributed by atoms with Crippen LogP contribution >= 0.6 is 0 Å². The van der Waals surface area contributed by atoms with Crippen LogP contribution in [0.1, 0.15) is 10.6 Å². The third-order valence-electron chi connectivity index (χ3n) is 3.38. The number of nitrogens with zero attached hydrogens (tertiary/aromatic N) is 3. The lowest BCUT2D eigenvalue weighted by Gasteiger charge is -2.08. The summed E-state index contributed by atoms with van der Waals surface area (Å²) < 4.78 is 35.1. The summed E-state index contributed by atoms with van der Waals surface area (Å²) in [6.45, 7) is -2.89. The van der Waals surface area contributed by atoms with E-state index in [1.807, 2.05) is 0 Å². The molecule has 134 valence electrons. The highest BCUT2D eigenvalue weighted by Crippen LogP contribution is 2.23. The third-order valence-corrected chi connectivity index (χ3v) is 3.38. The second-order valence-corrected chi connectivity index (χ2v) is 5.04. The molecule has 9 heteroatoms. The number of rotatable bonds is 6. The van der Waals surface area contributed by atoms with Crippen molar-refractivity contribution in [2.45, 2.75) is 6.61 Å². The molecule has 1 amide bonds. The molecule has 1 heterocycles. The van der Waals surface area contributed by atoms with Crippen LogP contribution in [0.5, 0.6) is 11.5 Å². The lowest BCUT2D eigenvalue weighted by Crippen LogP contribution is -2.15. The number of para-hydroxylation sites is 2. The van der Waals surface area contributed by atoms with Crippen molar-refractivity contribution in [2.24, 2.45) is 0 Å². The number of alkyl halides is 2. The van der Waals surface area contributed by atoms with E-state index >= 15 is 0 Å². The van der Waals surface area contributed by atoms with Crippen molar-refractivity contribution < 1.29 is 23.0 Å². The van der Waals surface area contributed by atoms with E-state index < -0.39 is 12.5 Å². The number of hydrogen-bond donors (Lipinski definition) is 1. The van der Waals surface area contributed by atoms with E-state index in [4.69, 9.17) is 4.74 Å². The molecule has 0 radical (unpaired) electrons. The molecule has 7 nitrogen and oxygen atoms in total. The Morgan fingerprint density at radius 1 is 1.15 bits per heavy atom. The Bertz CT molecular complexity index is 897. The van der Waals surface area contributed by atoms with E-state index in [1.54, 1.807) is 24.3 Å². The molecule has 0 aliphatic rings. The van der Waals surface area contributed by atoms with Crippen molar-refractivity contribution in [3.05, 3.63) is 60.7 Å². The van der Waals surface area contributed by atoms with Crippen molar-refractivity contribution >= 4 is 11.6 Å². The van der Waals surface area contributed by atoms with Crippen LogP contribution < -0.4 is 14.8 Å². The zero-order valence-electron chi connectivity index (χ0n) is 13.6. The van der Waals surface area contributed by atoms with E-state index in [-0.39, 0.29) is 11.6 Å². The number of carbonyl (C=O) groups excluding carboxylic acids is 1. The van der Waals surface area contributed by atoms with Gasteiger partial charge in [-0.25, -0.2) is 9.67 Å². The normalized spacial score (nSPS) is 10.6. The van der Waals surface area contributed by atoms with Crippen LogP contribution in [0, 0.1) is 0 Å². The van der Waals surface area contributed by atoms with Gasteiger partial charge in [0.25, 0.3) is 5.91 Å². The summed E-state index contributed by atoms with van der Waals surface area (Å²) in [5.74, 6) is -0.0253. The maximum absolute atomic E-state index is 12.3. The van der Waals surface area contributed by atoms with Gasteiger partial charge in [0.2, 0.25) is 5.82 Å². The second-order valence-electron chi connectivity index (χ2n) is 5.04.